The van der Waals surface area contributed by atoms with Crippen LogP contribution in [0.15, 0.2) is 12.5 Å². The molecule has 70 valence electrons. The van der Waals surface area contributed by atoms with E-state index in [2.05, 4.69) is 38.6 Å². The summed E-state index contributed by atoms with van der Waals surface area (Å²) in [4.78, 5) is 8.00. The van der Waals surface area contributed by atoms with E-state index in [4.69, 9.17) is 11.0 Å². The Balaban J connectivity index is 2.79. The van der Waals surface area contributed by atoms with Gasteiger partial charge in [-0.1, -0.05) is 0 Å². The molecule has 14 heavy (non-hydrogen) atoms. The van der Waals surface area contributed by atoms with Gasteiger partial charge in [-0.15, -0.1) is 0 Å². The van der Waals surface area contributed by atoms with Crippen LogP contribution in [-0.2, 0) is 6.54 Å². The van der Waals surface area contributed by atoms with Crippen molar-refractivity contribution in [1.29, 1.82) is 5.26 Å². The van der Waals surface area contributed by atoms with Crippen LogP contribution in [0.25, 0.3) is 11.0 Å². The molecule has 2 aromatic rings. The number of rotatable bonds is 1. The number of nitriles is 1. The van der Waals surface area contributed by atoms with Gasteiger partial charge in [0.1, 0.15) is 24.3 Å². The van der Waals surface area contributed by atoms with Crippen LogP contribution < -0.4 is 5.73 Å². The molecule has 0 radical (unpaired) electrons. The first-order valence-corrected chi connectivity index (χ1v) is 4.93. The summed E-state index contributed by atoms with van der Waals surface area (Å²) in [5.74, 6) is 0.455. The quantitative estimate of drug-likeness (QED) is 0.801. The third-order valence-electron chi connectivity index (χ3n) is 1.88. The molecule has 0 saturated carbocycles. The Bertz CT molecular complexity index is 524. The van der Waals surface area contributed by atoms with Gasteiger partial charge in [-0.3, -0.25) is 0 Å². The van der Waals surface area contributed by atoms with E-state index in [-0.39, 0.29) is 6.54 Å². The molecular formula is C8H6IN5. The third-order valence-corrected chi connectivity index (χ3v) is 2.70. The van der Waals surface area contributed by atoms with Crippen molar-refractivity contribution in [3.05, 3.63) is 16.1 Å². The summed E-state index contributed by atoms with van der Waals surface area (Å²) < 4.78 is 2.72. The molecule has 2 heterocycles. The van der Waals surface area contributed by atoms with E-state index in [1.807, 2.05) is 6.20 Å². The predicted molar refractivity (Wildman–Crippen MR) is 60.3 cm³/mol. The molecule has 6 heteroatoms. The molecule has 2 rings (SSSR count). The van der Waals surface area contributed by atoms with Crippen molar-refractivity contribution < 1.29 is 0 Å². The van der Waals surface area contributed by atoms with Crippen LogP contribution >= 0.6 is 22.6 Å². The topological polar surface area (TPSA) is 80.5 Å². The Morgan fingerprint density at radius 1 is 1.57 bits per heavy atom. The molecule has 0 spiro atoms. The number of hydrogen-bond donors (Lipinski definition) is 1. The number of nitrogens with zero attached hydrogens (tertiary/aromatic N) is 4. The second kappa shape index (κ2) is 3.42. The van der Waals surface area contributed by atoms with Crippen LogP contribution in [0.5, 0.6) is 0 Å². The van der Waals surface area contributed by atoms with E-state index in [1.54, 1.807) is 4.57 Å². The lowest BCUT2D eigenvalue weighted by Gasteiger charge is -1.97. The first-order chi connectivity index (χ1) is 6.74. The highest BCUT2D eigenvalue weighted by Gasteiger charge is 2.10. The van der Waals surface area contributed by atoms with Gasteiger partial charge in [0, 0.05) is 9.77 Å². The molecule has 2 N–H and O–H groups in total. The highest BCUT2D eigenvalue weighted by Crippen LogP contribution is 2.24. The number of halogens is 1. The van der Waals surface area contributed by atoms with Crippen LogP contribution in [0.2, 0.25) is 0 Å². The monoisotopic (exact) mass is 299 g/mol. The number of anilines is 1. The number of fused-ring (bicyclic) bond motifs is 1. The average molecular weight is 299 g/mol. The Labute approximate surface area is 93.7 Å². The highest BCUT2D eigenvalue weighted by molar-refractivity contribution is 14.1. The van der Waals surface area contributed by atoms with Crippen LogP contribution in [0.4, 0.5) is 5.82 Å². The summed E-state index contributed by atoms with van der Waals surface area (Å²) in [7, 11) is 0. The maximum atomic E-state index is 8.61. The predicted octanol–water partition coefficient (Wildman–Crippen LogP) is 1.14. The molecule has 0 unspecified atom stereocenters. The summed E-state index contributed by atoms with van der Waals surface area (Å²) in [5.41, 5.74) is 6.43. The van der Waals surface area contributed by atoms with Crippen molar-refractivity contribution in [3.8, 4) is 6.07 Å². The smallest absolute Gasteiger partial charge is 0.147 e. The minimum absolute atomic E-state index is 0.274. The Morgan fingerprint density at radius 2 is 2.36 bits per heavy atom. The van der Waals surface area contributed by atoms with Gasteiger partial charge in [0.25, 0.3) is 0 Å². The molecule has 0 bridgehead atoms. The lowest BCUT2D eigenvalue weighted by molar-refractivity contribution is 0.857. The molecule has 0 amide bonds. The molecule has 0 aliphatic rings. The van der Waals surface area contributed by atoms with Gasteiger partial charge in [0.15, 0.2) is 0 Å². The minimum atomic E-state index is 0.274. The fourth-order valence-corrected chi connectivity index (χ4v) is 2.15. The van der Waals surface area contributed by atoms with Crippen molar-refractivity contribution in [2.24, 2.45) is 0 Å². The van der Waals surface area contributed by atoms with E-state index in [1.165, 1.54) is 6.33 Å². The molecule has 0 fully saturated rings. The molecule has 0 atom stereocenters. The Hall–Kier alpha value is -1.36. The summed E-state index contributed by atoms with van der Waals surface area (Å²) in [6.07, 6.45) is 3.25. The van der Waals surface area contributed by atoms with Crippen molar-refractivity contribution in [3.63, 3.8) is 0 Å². The van der Waals surface area contributed by atoms with Crippen molar-refractivity contribution in [1.82, 2.24) is 14.5 Å². The molecular weight excluding hydrogens is 293 g/mol. The third kappa shape index (κ3) is 1.29. The van der Waals surface area contributed by atoms with E-state index in [0.29, 0.717) is 11.5 Å². The maximum Gasteiger partial charge on any atom is 0.147 e. The zero-order chi connectivity index (χ0) is 10.1. The molecule has 5 nitrogen and oxygen atoms in total. The number of nitrogens with two attached hydrogens (primary N) is 1. The van der Waals surface area contributed by atoms with Gasteiger partial charge in [-0.25, -0.2) is 9.97 Å². The number of aromatic nitrogens is 3. The van der Waals surface area contributed by atoms with Gasteiger partial charge < -0.3 is 10.3 Å². The second-order valence-corrected chi connectivity index (χ2v) is 3.88. The van der Waals surface area contributed by atoms with E-state index in [9.17, 15) is 0 Å². The summed E-state index contributed by atoms with van der Waals surface area (Å²) in [5, 5.41) is 9.43. The Kier molecular flexibility index (Phi) is 2.25. The zero-order valence-corrected chi connectivity index (χ0v) is 9.26. The Morgan fingerprint density at radius 3 is 3.07 bits per heavy atom. The molecule has 0 aliphatic carbocycles. The van der Waals surface area contributed by atoms with Crippen molar-refractivity contribution in [2.75, 3.05) is 5.73 Å². The van der Waals surface area contributed by atoms with Crippen LogP contribution in [0.1, 0.15) is 0 Å². The summed E-state index contributed by atoms with van der Waals surface area (Å²) in [6, 6.07) is 2.07. The highest BCUT2D eigenvalue weighted by atomic mass is 127. The van der Waals surface area contributed by atoms with E-state index >= 15 is 0 Å². The van der Waals surface area contributed by atoms with Crippen LogP contribution in [0, 0.1) is 14.9 Å². The van der Waals surface area contributed by atoms with Gasteiger partial charge in [0.2, 0.25) is 0 Å². The summed E-state index contributed by atoms with van der Waals surface area (Å²) >= 11 is 2.15. The standard InChI is InChI=1S/C8H6IN5/c9-5-3-14(2-1-10)8-6(5)7(11)12-4-13-8/h3-4H,2H2,(H2,11,12,13). The van der Waals surface area contributed by atoms with E-state index < -0.39 is 0 Å². The lowest BCUT2D eigenvalue weighted by Crippen LogP contribution is -1.97. The maximum absolute atomic E-state index is 8.61. The fraction of sp³-hybridized carbons (Fsp3) is 0.125. The molecule has 0 aromatic carbocycles. The second-order valence-electron chi connectivity index (χ2n) is 2.72. The van der Waals surface area contributed by atoms with E-state index in [0.717, 1.165) is 8.96 Å². The minimum Gasteiger partial charge on any atom is -0.383 e. The van der Waals surface area contributed by atoms with Crippen molar-refractivity contribution >= 4 is 39.4 Å². The SMILES string of the molecule is N#CCn1cc(I)c2c(N)ncnc21. The van der Waals surface area contributed by atoms with Gasteiger partial charge in [-0.05, 0) is 22.6 Å². The van der Waals surface area contributed by atoms with Gasteiger partial charge >= 0.3 is 0 Å². The first-order valence-electron chi connectivity index (χ1n) is 3.86. The molecule has 0 aliphatic heterocycles. The average Bonchev–Trinajstić information content (AvgIpc) is 2.46. The fourth-order valence-electron chi connectivity index (χ4n) is 1.30. The number of hydrogen-bond acceptors (Lipinski definition) is 4. The zero-order valence-electron chi connectivity index (χ0n) is 7.11. The number of nitrogen functional groups attached to an aromatic ring is 1. The summed E-state index contributed by atoms with van der Waals surface area (Å²) in [6.45, 7) is 0.274. The largest absolute Gasteiger partial charge is 0.383 e. The first kappa shape index (κ1) is 9.21. The van der Waals surface area contributed by atoms with Gasteiger partial charge in [0.05, 0.1) is 11.5 Å². The van der Waals surface area contributed by atoms with Crippen LogP contribution in [0.3, 0.4) is 0 Å². The van der Waals surface area contributed by atoms with Gasteiger partial charge in [-0.2, -0.15) is 5.26 Å². The molecule has 0 saturated heterocycles. The normalized spacial score (nSPS) is 10.3. The van der Waals surface area contributed by atoms with Crippen molar-refractivity contribution in [2.45, 2.75) is 6.54 Å². The van der Waals surface area contributed by atoms with Crippen LogP contribution in [-0.4, -0.2) is 14.5 Å². The lowest BCUT2D eigenvalue weighted by atomic mass is 10.4. The molecule has 2 aromatic heterocycles.